The van der Waals surface area contributed by atoms with Crippen molar-refractivity contribution in [3.05, 3.63) is 49.9 Å². The van der Waals surface area contributed by atoms with Crippen molar-refractivity contribution >= 4 is 50.0 Å². The van der Waals surface area contributed by atoms with E-state index in [0.717, 1.165) is 36.6 Å². The first kappa shape index (κ1) is 23.4. The number of thiazole rings is 1. The summed E-state index contributed by atoms with van der Waals surface area (Å²) in [6.45, 7) is 5.66. The van der Waals surface area contributed by atoms with Gasteiger partial charge < -0.3 is 10.2 Å². The van der Waals surface area contributed by atoms with Gasteiger partial charge in [0.1, 0.15) is 17.1 Å². The Bertz CT molecular complexity index is 1310. The van der Waals surface area contributed by atoms with E-state index >= 15 is 0 Å². The van der Waals surface area contributed by atoms with Crippen molar-refractivity contribution in [2.24, 2.45) is 5.92 Å². The number of nitrogens with zero attached hydrogens (tertiary/aromatic N) is 4. The first-order valence-corrected chi connectivity index (χ1v) is 12.1. The van der Waals surface area contributed by atoms with Gasteiger partial charge in [0, 0.05) is 25.3 Å². The minimum atomic E-state index is -0.596. The van der Waals surface area contributed by atoms with Crippen LogP contribution in [0.25, 0.3) is 10.3 Å². The summed E-state index contributed by atoms with van der Waals surface area (Å²) in [5, 5.41) is 3.18. The topological polar surface area (TPSA) is 89.2 Å². The third-order valence-electron chi connectivity index (χ3n) is 5.76. The molecule has 0 atom stereocenters. The molecule has 0 radical (unpaired) electrons. The number of carbonyl (C=O) groups is 1. The molecule has 3 aromatic rings. The number of rotatable bonds is 6. The number of nitrogens with one attached hydrogen (secondary N) is 1. The molecule has 1 N–H and O–H groups in total. The van der Waals surface area contributed by atoms with E-state index in [2.05, 4.69) is 22.1 Å². The number of carbonyl (C=O) groups excluding carboxylic acids is 1. The van der Waals surface area contributed by atoms with E-state index in [4.69, 9.17) is 11.6 Å². The van der Waals surface area contributed by atoms with Crippen molar-refractivity contribution in [3.63, 3.8) is 0 Å². The summed E-state index contributed by atoms with van der Waals surface area (Å²) in [5.74, 6) is -0.468. The normalized spacial score (nSPS) is 14.7. The molecule has 8 nitrogen and oxygen atoms in total. The van der Waals surface area contributed by atoms with Gasteiger partial charge in [0.2, 0.25) is 5.91 Å². The highest BCUT2D eigenvalue weighted by atomic mass is 35.5. The van der Waals surface area contributed by atoms with Crippen LogP contribution in [0.2, 0.25) is 5.02 Å². The smallest absolute Gasteiger partial charge is 0.333 e. The van der Waals surface area contributed by atoms with Crippen LogP contribution in [0.5, 0.6) is 0 Å². The number of anilines is 2. The first-order valence-electron chi connectivity index (χ1n) is 10.9. The maximum atomic E-state index is 13.4. The van der Waals surface area contributed by atoms with E-state index in [1.54, 1.807) is 0 Å². The number of hydrogen-bond donors (Lipinski definition) is 1. The number of amides is 1. The van der Waals surface area contributed by atoms with Gasteiger partial charge in [-0.15, -0.1) is 0 Å². The summed E-state index contributed by atoms with van der Waals surface area (Å²) in [4.78, 5) is 45.7. The Morgan fingerprint density at radius 2 is 2.00 bits per heavy atom. The number of benzene rings is 1. The maximum absolute atomic E-state index is 13.4. The Labute approximate surface area is 198 Å². The standard InChI is InChI=1S/C22H25ClFN5O3S/c1-3-8-28-20(31)18-19(26-21(33-18)27-9-6-13(2)7-10-27)29(22(28)32)12-17(30)25-14-4-5-16(24)15(23)11-14/h4-5,11,13H,3,6-10,12H2,1-2H3,(H,25,30). The highest BCUT2D eigenvalue weighted by molar-refractivity contribution is 7.22. The van der Waals surface area contributed by atoms with E-state index in [0.29, 0.717) is 27.9 Å². The van der Waals surface area contributed by atoms with Crippen LogP contribution in [-0.4, -0.2) is 33.1 Å². The van der Waals surface area contributed by atoms with Gasteiger partial charge >= 0.3 is 5.69 Å². The fourth-order valence-corrected chi connectivity index (χ4v) is 5.14. The summed E-state index contributed by atoms with van der Waals surface area (Å²) in [6, 6.07) is 3.83. The highest BCUT2D eigenvalue weighted by Crippen LogP contribution is 2.29. The molecule has 11 heteroatoms. The minimum Gasteiger partial charge on any atom is -0.348 e. The van der Waals surface area contributed by atoms with Crippen LogP contribution >= 0.6 is 22.9 Å². The molecular formula is C22H25ClFN5O3S. The van der Waals surface area contributed by atoms with E-state index in [1.165, 1.54) is 28.0 Å². The molecule has 2 aromatic heterocycles. The average molecular weight is 494 g/mol. The van der Waals surface area contributed by atoms with E-state index < -0.39 is 17.4 Å². The van der Waals surface area contributed by atoms with Crippen LogP contribution in [-0.2, 0) is 17.9 Å². The van der Waals surface area contributed by atoms with Gasteiger partial charge in [-0.3, -0.25) is 18.7 Å². The number of aromatic nitrogens is 3. The summed E-state index contributed by atoms with van der Waals surface area (Å²) in [5.41, 5.74) is -0.444. The second kappa shape index (κ2) is 9.64. The molecular weight excluding hydrogens is 469 g/mol. The maximum Gasteiger partial charge on any atom is 0.333 e. The van der Waals surface area contributed by atoms with Gasteiger partial charge in [-0.25, -0.2) is 14.2 Å². The molecule has 1 amide bonds. The highest BCUT2D eigenvalue weighted by Gasteiger charge is 2.23. The zero-order valence-electron chi connectivity index (χ0n) is 18.4. The van der Waals surface area contributed by atoms with Crippen molar-refractivity contribution in [2.75, 3.05) is 23.3 Å². The molecule has 176 valence electrons. The van der Waals surface area contributed by atoms with E-state index in [9.17, 15) is 18.8 Å². The van der Waals surface area contributed by atoms with E-state index in [1.807, 2.05) is 6.92 Å². The van der Waals surface area contributed by atoms with Gasteiger partial charge in [-0.05, 0) is 43.4 Å². The Balaban J connectivity index is 1.72. The molecule has 1 fully saturated rings. The Morgan fingerprint density at radius 3 is 2.67 bits per heavy atom. The molecule has 1 aromatic carbocycles. The van der Waals surface area contributed by atoms with Crippen molar-refractivity contribution in [2.45, 2.75) is 46.2 Å². The van der Waals surface area contributed by atoms with Crippen LogP contribution in [0.4, 0.5) is 15.2 Å². The monoisotopic (exact) mass is 493 g/mol. The fourth-order valence-electron chi connectivity index (χ4n) is 3.89. The quantitative estimate of drug-likeness (QED) is 0.565. The Hall–Kier alpha value is -2.72. The van der Waals surface area contributed by atoms with Crippen LogP contribution in [0.1, 0.15) is 33.1 Å². The molecule has 0 aliphatic carbocycles. The average Bonchev–Trinajstić information content (AvgIpc) is 3.23. The lowest BCUT2D eigenvalue weighted by molar-refractivity contribution is -0.116. The molecule has 3 heterocycles. The number of fused-ring (bicyclic) bond motifs is 1. The SMILES string of the molecule is CCCn1c(=O)c2sc(N3CCC(C)CC3)nc2n(CC(=O)Nc2ccc(F)c(Cl)c2)c1=O. The summed E-state index contributed by atoms with van der Waals surface area (Å²) >= 11 is 7.05. The molecule has 0 spiro atoms. The molecule has 33 heavy (non-hydrogen) atoms. The third-order valence-corrected chi connectivity index (χ3v) is 7.14. The van der Waals surface area contributed by atoms with Crippen molar-refractivity contribution < 1.29 is 9.18 Å². The molecule has 4 rings (SSSR count). The fraction of sp³-hybridized carbons (Fsp3) is 0.455. The molecule has 1 saturated heterocycles. The molecule has 0 bridgehead atoms. The lowest BCUT2D eigenvalue weighted by Crippen LogP contribution is -2.41. The first-order chi connectivity index (χ1) is 15.8. The van der Waals surface area contributed by atoms with Crippen molar-refractivity contribution in [3.8, 4) is 0 Å². The van der Waals surface area contributed by atoms with Gasteiger partial charge in [-0.1, -0.05) is 36.8 Å². The van der Waals surface area contributed by atoms with Gasteiger partial charge in [0.25, 0.3) is 5.56 Å². The van der Waals surface area contributed by atoms with Gasteiger partial charge in [-0.2, -0.15) is 0 Å². The van der Waals surface area contributed by atoms with Crippen LogP contribution in [0, 0.1) is 11.7 Å². The Kier molecular flexibility index (Phi) is 6.85. The van der Waals surface area contributed by atoms with Gasteiger partial charge in [0.05, 0.1) is 5.02 Å². The largest absolute Gasteiger partial charge is 0.348 e. The predicted molar refractivity (Wildman–Crippen MR) is 129 cm³/mol. The second-order valence-electron chi connectivity index (χ2n) is 8.32. The molecule has 1 aliphatic heterocycles. The zero-order valence-corrected chi connectivity index (χ0v) is 20.0. The van der Waals surface area contributed by atoms with Crippen LogP contribution in [0.3, 0.4) is 0 Å². The molecule has 1 aliphatic rings. The van der Waals surface area contributed by atoms with Crippen LogP contribution < -0.4 is 21.5 Å². The lowest BCUT2D eigenvalue weighted by atomic mass is 10.00. The minimum absolute atomic E-state index is 0.121. The number of piperidine rings is 1. The van der Waals surface area contributed by atoms with E-state index in [-0.39, 0.29) is 29.3 Å². The second-order valence-corrected chi connectivity index (χ2v) is 9.71. The summed E-state index contributed by atoms with van der Waals surface area (Å²) in [6.07, 6.45) is 2.66. The summed E-state index contributed by atoms with van der Waals surface area (Å²) in [7, 11) is 0. The third kappa shape index (κ3) is 4.81. The summed E-state index contributed by atoms with van der Waals surface area (Å²) < 4.78 is 16.2. The molecule has 0 saturated carbocycles. The predicted octanol–water partition coefficient (Wildman–Crippen LogP) is 3.70. The van der Waals surface area contributed by atoms with Gasteiger partial charge in [0.15, 0.2) is 10.8 Å². The Morgan fingerprint density at radius 1 is 1.27 bits per heavy atom. The lowest BCUT2D eigenvalue weighted by Gasteiger charge is -2.29. The van der Waals surface area contributed by atoms with Crippen molar-refractivity contribution in [1.29, 1.82) is 0 Å². The van der Waals surface area contributed by atoms with Crippen molar-refractivity contribution in [1.82, 2.24) is 14.1 Å². The molecule has 0 unspecified atom stereocenters. The van der Waals surface area contributed by atoms with Crippen LogP contribution in [0.15, 0.2) is 27.8 Å². The number of hydrogen-bond acceptors (Lipinski definition) is 6. The zero-order chi connectivity index (χ0) is 23.7. The number of halogens is 2.